The predicted molar refractivity (Wildman–Crippen MR) is 120 cm³/mol. The zero-order valence-electron chi connectivity index (χ0n) is 19.4. The molecule has 0 unspecified atom stereocenters. The lowest BCUT2D eigenvalue weighted by atomic mass is 9.99. The summed E-state index contributed by atoms with van der Waals surface area (Å²) >= 11 is 0. The number of rotatable bonds is 9. The Hall–Kier alpha value is -1.22. The van der Waals surface area contributed by atoms with E-state index < -0.39 is 32.9 Å². The zero-order chi connectivity index (χ0) is 22.5. The standard InChI is InChI=1S/C23H38O6Si/c1-9-14-26-22-19(24)21(27-15-17-10-12-18(25-6)13-11-17)20(16(2)28-22)29-30(7,8)23(3,4)5/h9-13,16,19-22,24H,1,14-15H2,2-8H3/t16-,19+,20-,21-,22+/m0/s1. The summed E-state index contributed by atoms with van der Waals surface area (Å²) in [5.74, 6) is 0.787. The summed E-state index contributed by atoms with van der Waals surface area (Å²) in [5.41, 5.74) is 0.983. The van der Waals surface area contributed by atoms with E-state index >= 15 is 0 Å². The minimum atomic E-state index is -2.12. The molecule has 1 N–H and O–H groups in total. The first-order chi connectivity index (χ1) is 14.0. The summed E-state index contributed by atoms with van der Waals surface area (Å²) in [6, 6.07) is 7.68. The average molecular weight is 439 g/mol. The van der Waals surface area contributed by atoms with Gasteiger partial charge in [-0.25, -0.2) is 0 Å². The molecule has 1 fully saturated rings. The maximum absolute atomic E-state index is 11.0. The van der Waals surface area contributed by atoms with Crippen molar-refractivity contribution in [3.05, 3.63) is 42.5 Å². The molecule has 0 radical (unpaired) electrons. The normalized spacial score (nSPS) is 27.7. The van der Waals surface area contributed by atoms with E-state index in [1.54, 1.807) is 13.2 Å². The van der Waals surface area contributed by atoms with Gasteiger partial charge < -0.3 is 28.5 Å². The van der Waals surface area contributed by atoms with E-state index in [1.807, 2.05) is 31.2 Å². The quantitative estimate of drug-likeness (QED) is 0.459. The van der Waals surface area contributed by atoms with Gasteiger partial charge in [-0.1, -0.05) is 39.0 Å². The molecular formula is C23H38O6Si. The van der Waals surface area contributed by atoms with Gasteiger partial charge in [-0.2, -0.15) is 0 Å². The maximum atomic E-state index is 11.0. The Kier molecular flexibility index (Phi) is 8.67. The first-order valence-electron chi connectivity index (χ1n) is 10.5. The fraction of sp³-hybridized carbons (Fsp3) is 0.652. The van der Waals surface area contributed by atoms with Crippen molar-refractivity contribution in [1.82, 2.24) is 0 Å². The Labute approximate surface area is 182 Å². The lowest BCUT2D eigenvalue weighted by molar-refractivity contribution is -0.296. The van der Waals surface area contributed by atoms with E-state index in [0.717, 1.165) is 11.3 Å². The number of hydrogen-bond acceptors (Lipinski definition) is 6. The maximum Gasteiger partial charge on any atom is 0.192 e. The summed E-state index contributed by atoms with van der Waals surface area (Å²) in [5, 5.41) is 11.0. The Balaban J connectivity index is 2.21. The Bertz CT molecular complexity index is 669. The van der Waals surface area contributed by atoms with Crippen molar-refractivity contribution < 1.29 is 28.5 Å². The van der Waals surface area contributed by atoms with E-state index in [0.29, 0.717) is 6.61 Å². The van der Waals surface area contributed by atoms with Crippen molar-refractivity contribution >= 4 is 8.32 Å². The first kappa shape index (κ1) is 25.0. The molecule has 7 heteroatoms. The highest BCUT2D eigenvalue weighted by atomic mass is 28.4. The van der Waals surface area contributed by atoms with Crippen molar-refractivity contribution in [2.75, 3.05) is 13.7 Å². The molecule has 5 atom stereocenters. The minimum Gasteiger partial charge on any atom is -0.497 e. The molecule has 1 aromatic rings. The van der Waals surface area contributed by atoms with E-state index in [1.165, 1.54) is 0 Å². The molecule has 2 rings (SSSR count). The summed E-state index contributed by atoms with van der Waals surface area (Å²) in [7, 11) is -0.482. The van der Waals surface area contributed by atoms with Gasteiger partial charge in [0.25, 0.3) is 0 Å². The van der Waals surface area contributed by atoms with E-state index in [-0.39, 0.29) is 17.7 Å². The third-order valence-corrected chi connectivity index (χ3v) is 10.4. The predicted octanol–water partition coefficient (Wildman–Crippen LogP) is 4.28. The first-order valence-corrected chi connectivity index (χ1v) is 13.4. The minimum absolute atomic E-state index is 0.0222. The van der Waals surface area contributed by atoms with Crippen LogP contribution in [0.5, 0.6) is 5.75 Å². The van der Waals surface area contributed by atoms with Crippen molar-refractivity contribution in [3.8, 4) is 5.75 Å². The molecule has 1 aromatic carbocycles. The molecule has 0 spiro atoms. The fourth-order valence-corrected chi connectivity index (χ4v) is 4.43. The van der Waals surface area contributed by atoms with Gasteiger partial charge in [-0.15, -0.1) is 6.58 Å². The van der Waals surface area contributed by atoms with Crippen LogP contribution in [0.15, 0.2) is 36.9 Å². The highest BCUT2D eigenvalue weighted by Gasteiger charge is 2.49. The monoisotopic (exact) mass is 438 g/mol. The molecule has 0 bridgehead atoms. The van der Waals surface area contributed by atoms with Gasteiger partial charge in [0.1, 0.15) is 18.0 Å². The van der Waals surface area contributed by atoms with Crippen LogP contribution in [0.25, 0.3) is 0 Å². The van der Waals surface area contributed by atoms with Crippen molar-refractivity contribution in [2.45, 2.75) is 83.1 Å². The number of aliphatic hydroxyl groups excluding tert-OH is 1. The largest absolute Gasteiger partial charge is 0.497 e. The Morgan fingerprint density at radius 2 is 1.77 bits per heavy atom. The topological polar surface area (TPSA) is 66.4 Å². The SMILES string of the molecule is C=CCO[C@@H]1O[C@@H](C)[C@H](O[Si](C)(C)C(C)(C)C)[C@@H](OCc2ccc(OC)cc2)[C@H]1O. The molecular weight excluding hydrogens is 400 g/mol. The molecule has 30 heavy (non-hydrogen) atoms. The highest BCUT2D eigenvalue weighted by molar-refractivity contribution is 6.74. The summed E-state index contributed by atoms with van der Waals surface area (Å²) in [4.78, 5) is 0. The number of ether oxygens (including phenoxy) is 4. The molecule has 1 aliphatic rings. The third-order valence-electron chi connectivity index (χ3n) is 5.97. The van der Waals surface area contributed by atoms with Gasteiger partial charge in [-0.05, 0) is 42.8 Å². The van der Waals surface area contributed by atoms with Crippen molar-refractivity contribution in [2.24, 2.45) is 0 Å². The highest BCUT2D eigenvalue weighted by Crippen LogP contribution is 2.40. The van der Waals surface area contributed by atoms with Crippen LogP contribution in [0.2, 0.25) is 18.1 Å². The average Bonchev–Trinajstić information content (AvgIpc) is 2.68. The molecule has 1 aliphatic heterocycles. The number of hydrogen-bond donors (Lipinski definition) is 1. The summed E-state index contributed by atoms with van der Waals surface area (Å²) in [6.45, 7) is 17.2. The second-order valence-corrected chi connectivity index (χ2v) is 14.0. The van der Waals surface area contributed by atoms with Crippen molar-refractivity contribution in [3.63, 3.8) is 0 Å². The molecule has 0 aliphatic carbocycles. The molecule has 1 heterocycles. The van der Waals surface area contributed by atoms with Gasteiger partial charge >= 0.3 is 0 Å². The lowest BCUT2D eigenvalue weighted by Gasteiger charge is -2.48. The second-order valence-electron chi connectivity index (χ2n) is 9.29. The number of aliphatic hydroxyl groups is 1. The molecule has 0 amide bonds. The van der Waals surface area contributed by atoms with Crippen LogP contribution in [0.1, 0.15) is 33.3 Å². The smallest absolute Gasteiger partial charge is 0.192 e. The molecule has 0 aromatic heterocycles. The van der Waals surface area contributed by atoms with E-state index in [9.17, 15) is 5.11 Å². The van der Waals surface area contributed by atoms with Crippen LogP contribution in [-0.2, 0) is 25.2 Å². The summed E-state index contributed by atoms with van der Waals surface area (Å²) < 4.78 is 29.7. The number of methoxy groups -OCH3 is 1. The second kappa shape index (κ2) is 10.4. The van der Waals surface area contributed by atoms with Crippen LogP contribution < -0.4 is 4.74 Å². The molecule has 6 nitrogen and oxygen atoms in total. The van der Waals surface area contributed by atoms with Crippen LogP contribution in [0.3, 0.4) is 0 Å². The van der Waals surface area contributed by atoms with Gasteiger partial charge in [0, 0.05) is 0 Å². The van der Waals surface area contributed by atoms with E-state index in [4.69, 9.17) is 23.4 Å². The summed E-state index contributed by atoms with van der Waals surface area (Å²) in [6.07, 6.45) is -1.42. The van der Waals surface area contributed by atoms with E-state index in [2.05, 4.69) is 40.4 Å². The van der Waals surface area contributed by atoms with Crippen LogP contribution in [0, 0.1) is 0 Å². The number of benzene rings is 1. The Morgan fingerprint density at radius 3 is 2.30 bits per heavy atom. The molecule has 0 saturated carbocycles. The Morgan fingerprint density at radius 1 is 1.13 bits per heavy atom. The van der Waals surface area contributed by atoms with Gasteiger partial charge in [0.05, 0.1) is 32.5 Å². The van der Waals surface area contributed by atoms with Crippen LogP contribution >= 0.6 is 0 Å². The fourth-order valence-electron chi connectivity index (χ4n) is 3.07. The lowest BCUT2D eigenvalue weighted by Crippen LogP contribution is -2.62. The molecule has 1 saturated heterocycles. The third kappa shape index (κ3) is 6.15. The van der Waals surface area contributed by atoms with Gasteiger partial charge in [0.15, 0.2) is 14.6 Å². The van der Waals surface area contributed by atoms with Crippen LogP contribution in [-0.4, -0.2) is 57.8 Å². The zero-order valence-corrected chi connectivity index (χ0v) is 20.4. The molecule has 170 valence electrons. The van der Waals surface area contributed by atoms with Crippen molar-refractivity contribution in [1.29, 1.82) is 0 Å². The van der Waals surface area contributed by atoms with Crippen LogP contribution in [0.4, 0.5) is 0 Å². The van der Waals surface area contributed by atoms with Gasteiger partial charge in [0.2, 0.25) is 0 Å². The van der Waals surface area contributed by atoms with Gasteiger partial charge in [-0.3, -0.25) is 0 Å².